The van der Waals surface area contributed by atoms with Gasteiger partial charge in [0.2, 0.25) is 0 Å². The van der Waals surface area contributed by atoms with E-state index in [4.69, 9.17) is 5.26 Å². The molecule has 0 unspecified atom stereocenters. The Labute approximate surface area is 90.9 Å². The summed E-state index contributed by atoms with van der Waals surface area (Å²) >= 11 is 0. The Bertz CT molecular complexity index is 411. The summed E-state index contributed by atoms with van der Waals surface area (Å²) in [5.41, 5.74) is 3.65. The van der Waals surface area contributed by atoms with Crippen molar-refractivity contribution in [2.24, 2.45) is 5.41 Å². The van der Waals surface area contributed by atoms with Crippen LogP contribution in [0.3, 0.4) is 0 Å². The molecule has 1 N–H and O–H groups in total. The highest BCUT2D eigenvalue weighted by atomic mass is 14.9. The van der Waals surface area contributed by atoms with Gasteiger partial charge < -0.3 is 5.32 Å². The molecule has 2 nitrogen and oxygen atoms in total. The molecule has 1 aliphatic rings. The molecular weight excluding hydrogens is 184 g/mol. The van der Waals surface area contributed by atoms with Crippen molar-refractivity contribution in [2.45, 2.75) is 26.7 Å². The lowest BCUT2D eigenvalue weighted by Crippen LogP contribution is -2.13. The summed E-state index contributed by atoms with van der Waals surface area (Å²) in [5.74, 6) is 0. The quantitative estimate of drug-likeness (QED) is 0.814. The number of nitriles is 1. The van der Waals surface area contributed by atoms with Crippen molar-refractivity contribution in [1.29, 1.82) is 5.26 Å². The van der Waals surface area contributed by atoms with Crippen LogP contribution in [-0.4, -0.2) is 6.54 Å². The Kier molecular flexibility index (Phi) is 2.40. The summed E-state index contributed by atoms with van der Waals surface area (Å²) in [6.45, 7) is 5.00. The number of nitrogens with one attached hydrogen (secondary N) is 1. The molecule has 0 amide bonds. The molecule has 0 saturated heterocycles. The van der Waals surface area contributed by atoms with Gasteiger partial charge in [0.15, 0.2) is 0 Å². The van der Waals surface area contributed by atoms with E-state index in [-0.39, 0.29) is 5.41 Å². The van der Waals surface area contributed by atoms with Crippen molar-refractivity contribution >= 4 is 5.69 Å². The second-order valence-electron chi connectivity index (χ2n) is 4.54. The Morgan fingerprint density at radius 3 is 2.60 bits per heavy atom. The lowest BCUT2D eigenvalue weighted by atomic mass is 10.1. The van der Waals surface area contributed by atoms with Gasteiger partial charge in [-0.3, -0.25) is 0 Å². The number of hydrogen-bond acceptors (Lipinski definition) is 2. The highest BCUT2D eigenvalue weighted by Gasteiger charge is 2.42. The Morgan fingerprint density at radius 1 is 1.33 bits per heavy atom. The first kappa shape index (κ1) is 10.0. The number of hydrogen-bond donors (Lipinski definition) is 1. The van der Waals surface area contributed by atoms with Gasteiger partial charge in [-0.05, 0) is 49.9 Å². The van der Waals surface area contributed by atoms with Crippen molar-refractivity contribution < 1.29 is 0 Å². The van der Waals surface area contributed by atoms with Crippen molar-refractivity contribution in [2.75, 3.05) is 11.9 Å². The molecule has 15 heavy (non-hydrogen) atoms. The van der Waals surface area contributed by atoms with E-state index in [9.17, 15) is 0 Å². The third-order valence-electron chi connectivity index (χ3n) is 3.23. The Hall–Kier alpha value is -1.49. The van der Waals surface area contributed by atoms with Gasteiger partial charge in [-0.15, -0.1) is 0 Å². The monoisotopic (exact) mass is 200 g/mol. The second-order valence-corrected chi connectivity index (χ2v) is 4.54. The fourth-order valence-electron chi connectivity index (χ4n) is 1.60. The summed E-state index contributed by atoms with van der Waals surface area (Å²) in [6, 6.07) is 8.72. The van der Waals surface area contributed by atoms with Crippen LogP contribution in [0.2, 0.25) is 0 Å². The van der Waals surface area contributed by atoms with E-state index in [1.807, 2.05) is 0 Å². The molecular formula is C13H16N2. The average Bonchev–Trinajstić information content (AvgIpc) is 3.01. The predicted octanol–water partition coefficient (Wildman–Crippen LogP) is 3.02. The van der Waals surface area contributed by atoms with Gasteiger partial charge in [-0.2, -0.15) is 5.26 Å². The molecule has 2 heteroatoms. The normalized spacial score (nSPS) is 16.9. The van der Waals surface area contributed by atoms with Crippen LogP contribution in [0.1, 0.15) is 24.0 Å². The third-order valence-corrected chi connectivity index (χ3v) is 3.23. The molecule has 0 bridgehead atoms. The molecule has 1 aliphatic carbocycles. The van der Waals surface area contributed by atoms with Crippen LogP contribution in [0.25, 0.3) is 0 Å². The Balaban J connectivity index is 2.00. The molecule has 0 radical (unpaired) electrons. The lowest BCUT2D eigenvalue weighted by Gasteiger charge is -2.10. The average molecular weight is 200 g/mol. The number of aryl methyl sites for hydroxylation is 2. The molecule has 0 aliphatic heterocycles. The molecule has 0 spiro atoms. The van der Waals surface area contributed by atoms with Gasteiger partial charge in [0.25, 0.3) is 0 Å². The van der Waals surface area contributed by atoms with Gasteiger partial charge in [0.05, 0.1) is 11.5 Å². The van der Waals surface area contributed by atoms with Gasteiger partial charge in [0.1, 0.15) is 0 Å². The Morgan fingerprint density at radius 2 is 2.07 bits per heavy atom. The molecule has 1 aromatic carbocycles. The van der Waals surface area contributed by atoms with Crippen LogP contribution >= 0.6 is 0 Å². The van der Waals surface area contributed by atoms with Crippen LogP contribution in [0, 0.1) is 30.6 Å². The summed E-state index contributed by atoms with van der Waals surface area (Å²) < 4.78 is 0. The summed E-state index contributed by atoms with van der Waals surface area (Å²) in [6.07, 6.45) is 2.09. The zero-order chi connectivity index (χ0) is 10.9. The molecule has 0 heterocycles. The van der Waals surface area contributed by atoms with E-state index in [0.717, 1.165) is 25.1 Å². The molecule has 1 fully saturated rings. The zero-order valence-corrected chi connectivity index (χ0v) is 9.30. The SMILES string of the molecule is Cc1ccc(NCC2(C#N)CC2)cc1C. The lowest BCUT2D eigenvalue weighted by molar-refractivity contribution is 0.711. The van der Waals surface area contributed by atoms with E-state index in [1.54, 1.807) is 0 Å². The smallest absolute Gasteiger partial charge is 0.0747 e. The van der Waals surface area contributed by atoms with Crippen molar-refractivity contribution in [3.63, 3.8) is 0 Å². The third kappa shape index (κ3) is 2.12. The van der Waals surface area contributed by atoms with Crippen molar-refractivity contribution in [3.8, 4) is 6.07 Å². The molecule has 2 rings (SSSR count). The zero-order valence-electron chi connectivity index (χ0n) is 9.30. The molecule has 78 valence electrons. The van der Waals surface area contributed by atoms with E-state index in [2.05, 4.69) is 43.4 Å². The van der Waals surface area contributed by atoms with Crippen LogP contribution in [0.15, 0.2) is 18.2 Å². The van der Waals surface area contributed by atoms with E-state index >= 15 is 0 Å². The van der Waals surface area contributed by atoms with Crippen LogP contribution in [-0.2, 0) is 0 Å². The topological polar surface area (TPSA) is 35.8 Å². The minimum absolute atomic E-state index is 0.0706. The van der Waals surface area contributed by atoms with Crippen LogP contribution in [0.4, 0.5) is 5.69 Å². The molecule has 1 saturated carbocycles. The van der Waals surface area contributed by atoms with Crippen molar-refractivity contribution in [3.05, 3.63) is 29.3 Å². The maximum atomic E-state index is 8.94. The maximum Gasteiger partial charge on any atom is 0.0747 e. The van der Waals surface area contributed by atoms with Gasteiger partial charge in [-0.1, -0.05) is 6.07 Å². The fraction of sp³-hybridized carbons (Fsp3) is 0.462. The molecule has 0 aromatic heterocycles. The number of anilines is 1. The van der Waals surface area contributed by atoms with E-state index in [1.165, 1.54) is 11.1 Å². The molecule has 1 aromatic rings. The van der Waals surface area contributed by atoms with E-state index < -0.39 is 0 Å². The predicted molar refractivity (Wildman–Crippen MR) is 61.7 cm³/mol. The summed E-state index contributed by atoms with van der Waals surface area (Å²) in [7, 11) is 0. The first-order chi connectivity index (χ1) is 7.15. The maximum absolute atomic E-state index is 8.94. The first-order valence-corrected chi connectivity index (χ1v) is 5.38. The van der Waals surface area contributed by atoms with E-state index in [0.29, 0.717) is 0 Å². The van der Waals surface area contributed by atoms with Gasteiger partial charge in [0, 0.05) is 12.2 Å². The number of rotatable bonds is 3. The number of nitrogens with zero attached hydrogens (tertiary/aromatic N) is 1. The second kappa shape index (κ2) is 3.58. The van der Waals surface area contributed by atoms with Crippen molar-refractivity contribution in [1.82, 2.24) is 0 Å². The minimum Gasteiger partial charge on any atom is -0.383 e. The van der Waals surface area contributed by atoms with Gasteiger partial charge in [-0.25, -0.2) is 0 Å². The highest BCUT2D eigenvalue weighted by Crippen LogP contribution is 2.44. The van der Waals surface area contributed by atoms with Crippen LogP contribution in [0.5, 0.6) is 0 Å². The fourth-order valence-corrected chi connectivity index (χ4v) is 1.60. The van der Waals surface area contributed by atoms with Crippen LogP contribution < -0.4 is 5.32 Å². The number of benzene rings is 1. The summed E-state index contributed by atoms with van der Waals surface area (Å²) in [4.78, 5) is 0. The van der Waals surface area contributed by atoms with Gasteiger partial charge >= 0.3 is 0 Å². The molecule has 0 atom stereocenters. The minimum atomic E-state index is -0.0706. The standard InChI is InChI=1S/C13H16N2/c1-10-3-4-12(7-11(10)2)15-9-13(8-14)5-6-13/h3-4,7,15H,5-6,9H2,1-2H3. The highest BCUT2D eigenvalue weighted by molar-refractivity contribution is 5.48. The summed E-state index contributed by atoms with van der Waals surface area (Å²) in [5, 5.41) is 12.3. The first-order valence-electron chi connectivity index (χ1n) is 5.38. The largest absolute Gasteiger partial charge is 0.383 e.